The van der Waals surface area contributed by atoms with Crippen LogP contribution in [0.1, 0.15) is 30.1 Å². The van der Waals surface area contributed by atoms with Crippen LogP contribution in [-0.2, 0) is 6.42 Å². The van der Waals surface area contributed by atoms with Crippen molar-refractivity contribution < 1.29 is 40.2 Å². The molecule has 0 radical (unpaired) electrons. The molecular weight excluding hydrogens is 549 g/mol. The highest BCUT2D eigenvalue weighted by Crippen LogP contribution is 2.34. The van der Waals surface area contributed by atoms with Crippen LogP contribution in [-0.4, -0.2) is 13.7 Å². The lowest BCUT2D eigenvalue weighted by Crippen LogP contribution is -2.07. The average molecular weight is 575 g/mol. The van der Waals surface area contributed by atoms with E-state index < -0.39 is 65.4 Å². The normalized spacial score (nSPS) is 11.8. The van der Waals surface area contributed by atoms with Gasteiger partial charge in [0.15, 0.2) is 34.8 Å². The predicted molar refractivity (Wildman–Crippen MR) is 143 cm³/mol. The molecule has 2 nitrogen and oxygen atoms in total. The first-order valence-electron chi connectivity index (χ1n) is 12.6. The zero-order valence-electron chi connectivity index (χ0n) is 21.9. The molecule has 0 aliphatic carbocycles. The molecule has 0 aromatic heterocycles. The Morgan fingerprint density at radius 2 is 1.24 bits per heavy atom. The van der Waals surface area contributed by atoms with Crippen molar-refractivity contribution in [3.63, 3.8) is 0 Å². The largest absolute Gasteiger partial charge is 0.494 e. The fraction of sp³-hybridized carbons (Fsp3) is 0.188. The highest BCUT2D eigenvalue weighted by molar-refractivity contribution is 5.71. The summed E-state index contributed by atoms with van der Waals surface area (Å²) in [5.74, 6) is -8.13. The second-order valence-electron chi connectivity index (χ2n) is 9.13. The number of benzene rings is 4. The van der Waals surface area contributed by atoms with Gasteiger partial charge in [-0.2, -0.15) is 8.78 Å². The summed E-state index contributed by atoms with van der Waals surface area (Å²) in [6.45, 7) is 3.12. The number of hydrogen-bond donors (Lipinski definition) is 0. The molecule has 0 aliphatic heterocycles. The van der Waals surface area contributed by atoms with Crippen molar-refractivity contribution >= 4 is 0 Å². The highest BCUT2D eigenvalue weighted by Gasteiger charge is 2.22. The lowest BCUT2D eigenvalue weighted by molar-refractivity contribution is 0.224. The van der Waals surface area contributed by atoms with Gasteiger partial charge in [-0.25, -0.2) is 22.0 Å². The maximum absolute atomic E-state index is 14.9. The van der Waals surface area contributed by atoms with E-state index in [0.717, 1.165) is 25.3 Å². The van der Waals surface area contributed by atoms with Crippen LogP contribution in [0.2, 0.25) is 0 Å². The Bertz CT molecular complexity index is 1550. The van der Waals surface area contributed by atoms with Crippen molar-refractivity contribution in [3.8, 4) is 33.8 Å². The molecule has 0 aliphatic rings. The van der Waals surface area contributed by atoms with Crippen molar-refractivity contribution in [1.29, 1.82) is 0 Å². The first-order valence-corrected chi connectivity index (χ1v) is 12.6. The summed E-state index contributed by atoms with van der Waals surface area (Å²) in [6.07, 6.45) is -0.00925. The number of allylic oxidation sites excluding steroid dienone is 1. The van der Waals surface area contributed by atoms with Gasteiger partial charge >= 0.3 is 0 Å². The molecule has 0 amide bonds. The summed E-state index contributed by atoms with van der Waals surface area (Å²) in [5, 5.41) is 0. The van der Waals surface area contributed by atoms with Crippen LogP contribution >= 0.6 is 0 Å². The van der Waals surface area contributed by atoms with E-state index in [1.807, 2.05) is 0 Å². The van der Waals surface area contributed by atoms with Gasteiger partial charge in [0.1, 0.15) is 6.17 Å². The monoisotopic (exact) mass is 574 g/mol. The zero-order chi connectivity index (χ0) is 29.7. The SMILES string of the molecule is C=CCCc1ccc(-c2ccc(-c3ccc(OCCC(F)c4ccc(OC)c(F)c4F)c(F)c3F)cc2)c(F)c1F. The fourth-order valence-corrected chi connectivity index (χ4v) is 4.33. The zero-order valence-corrected chi connectivity index (χ0v) is 21.9. The molecule has 0 spiro atoms. The summed E-state index contributed by atoms with van der Waals surface area (Å²) in [5.41, 5.74) is 0.188. The molecule has 0 bridgehead atoms. The summed E-state index contributed by atoms with van der Waals surface area (Å²) < 4.78 is 111. The maximum Gasteiger partial charge on any atom is 0.201 e. The molecule has 0 saturated heterocycles. The quantitative estimate of drug-likeness (QED) is 0.131. The van der Waals surface area contributed by atoms with Gasteiger partial charge in [0.05, 0.1) is 13.7 Å². The topological polar surface area (TPSA) is 18.5 Å². The van der Waals surface area contributed by atoms with Gasteiger partial charge in [0, 0.05) is 23.1 Å². The van der Waals surface area contributed by atoms with Gasteiger partial charge in [-0.3, -0.25) is 0 Å². The summed E-state index contributed by atoms with van der Waals surface area (Å²) >= 11 is 0. The third kappa shape index (κ3) is 6.24. The highest BCUT2D eigenvalue weighted by atomic mass is 19.2. The number of aryl methyl sites for hydroxylation is 1. The van der Waals surface area contributed by atoms with Crippen molar-refractivity contribution in [3.05, 3.63) is 119 Å². The van der Waals surface area contributed by atoms with Crippen molar-refractivity contribution in [2.24, 2.45) is 0 Å². The first kappa shape index (κ1) is 29.7. The molecule has 0 fully saturated rings. The second-order valence-corrected chi connectivity index (χ2v) is 9.13. The summed E-state index contributed by atoms with van der Waals surface area (Å²) in [4.78, 5) is 0. The van der Waals surface area contributed by atoms with E-state index in [1.165, 1.54) is 42.5 Å². The van der Waals surface area contributed by atoms with Crippen LogP contribution in [0, 0.1) is 34.9 Å². The Hall–Kier alpha value is -4.27. The first-order chi connectivity index (χ1) is 19.7. The van der Waals surface area contributed by atoms with E-state index in [9.17, 15) is 30.7 Å². The lowest BCUT2D eigenvalue weighted by Gasteiger charge is -2.14. The number of alkyl halides is 1. The second kappa shape index (κ2) is 12.9. The Kier molecular flexibility index (Phi) is 9.37. The number of ether oxygens (including phenoxy) is 2. The molecular formula is C32H25F7O2. The summed E-state index contributed by atoms with van der Waals surface area (Å²) in [6, 6.07) is 13.3. The number of halogens is 7. The van der Waals surface area contributed by atoms with Crippen LogP contribution in [0.15, 0.2) is 73.3 Å². The Morgan fingerprint density at radius 1 is 0.683 bits per heavy atom. The van der Waals surface area contributed by atoms with Gasteiger partial charge in [-0.1, -0.05) is 42.5 Å². The number of methoxy groups -OCH3 is 1. The number of hydrogen-bond acceptors (Lipinski definition) is 2. The molecule has 0 N–H and O–H groups in total. The van der Waals surface area contributed by atoms with Gasteiger partial charge in [-0.15, -0.1) is 6.58 Å². The van der Waals surface area contributed by atoms with Gasteiger partial charge in [0.2, 0.25) is 11.6 Å². The molecule has 214 valence electrons. The van der Waals surface area contributed by atoms with Gasteiger partial charge in [-0.05, 0) is 53.8 Å². The van der Waals surface area contributed by atoms with Crippen LogP contribution in [0.4, 0.5) is 30.7 Å². The minimum Gasteiger partial charge on any atom is -0.494 e. The van der Waals surface area contributed by atoms with Crippen molar-refractivity contribution in [2.45, 2.75) is 25.4 Å². The van der Waals surface area contributed by atoms with Crippen LogP contribution in [0.25, 0.3) is 22.3 Å². The molecule has 0 saturated carbocycles. The molecule has 4 aromatic rings. The maximum atomic E-state index is 14.9. The molecule has 1 atom stereocenters. The fourth-order valence-electron chi connectivity index (χ4n) is 4.33. The molecule has 41 heavy (non-hydrogen) atoms. The Balaban J connectivity index is 1.45. The molecule has 9 heteroatoms. The molecule has 4 rings (SSSR count). The van der Waals surface area contributed by atoms with E-state index in [4.69, 9.17) is 4.74 Å². The standard InChI is InChI=1S/C32H25F7O2/c1-3-4-5-20-10-11-21(28(35)27(20)34)18-6-8-19(9-7-18)22-12-15-26(32(39)29(22)36)41-17-16-24(33)23-13-14-25(40-2)31(38)30(23)37/h3,6-15,24H,1,4-5,16-17H2,2H3. The van der Waals surface area contributed by atoms with Crippen LogP contribution in [0.5, 0.6) is 11.5 Å². The van der Waals surface area contributed by atoms with Crippen molar-refractivity contribution in [1.82, 2.24) is 0 Å². The molecule has 4 aromatic carbocycles. The van der Waals surface area contributed by atoms with Gasteiger partial charge < -0.3 is 9.47 Å². The van der Waals surface area contributed by atoms with E-state index in [0.29, 0.717) is 18.4 Å². The van der Waals surface area contributed by atoms with Crippen LogP contribution in [0.3, 0.4) is 0 Å². The molecule has 1 unspecified atom stereocenters. The smallest absolute Gasteiger partial charge is 0.201 e. The van der Waals surface area contributed by atoms with E-state index >= 15 is 0 Å². The van der Waals surface area contributed by atoms with E-state index in [2.05, 4.69) is 11.3 Å². The third-order valence-electron chi connectivity index (χ3n) is 6.60. The summed E-state index contributed by atoms with van der Waals surface area (Å²) in [7, 11) is 1.14. The number of rotatable bonds is 11. The molecule has 0 heterocycles. The lowest BCUT2D eigenvalue weighted by atomic mass is 9.97. The third-order valence-corrected chi connectivity index (χ3v) is 6.60. The minimum atomic E-state index is -1.97. The van der Waals surface area contributed by atoms with E-state index in [1.54, 1.807) is 6.08 Å². The van der Waals surface area contributed by atoms with Gasteiger partial charge in [0.25, 0.3) is 0 Å². The Labute approximate surface area is 232 Å². The Morgan fingerprint density at radius 3 is 1.85 bits per heavy atom. The van der Waals surface area contributed by atoms with Crippen molar-refractivity contribution in [2.75, 3.05) is 13.7 Å². The van der Waals surface area contributed by atoms with E-state index in [-0.39, 0.29) is 28.0 Å². The predicted octanol–water partition coefficient (Wildman–Crippen LogP) is 9.46. The minimum absolute atomic E-state index is 0.0234. The van der Waals surface area contributed by atoms with Crippen LogP contribution < -0.4 is 9.47 Å². The average Bonchev–Trinajstić information content (AvgIpc) is 2.97.